The molecular weight excluding hydrogens is 388 g/mol. The molecule has 2 aromatic carbocycles. The van der Waals surface area contributed by atoms with Crippen molar-refractivity contribution in [2.75, 3.05) is 0 Å². The van der Waals surface area contributed by atoms with E-state index in [0.29, 0.717) is 45.7 Å². The predicted octanol–water partition coefficient (Wildman–Crippen LogP) is 5.12. The highest BCUT2D eigenvalue weighted by molar-refractivity contribution is 6.95. The number of terminal acetylenes is 1. The van der Waals surface area contributed by atoms with Gasteiger partial charge in [-0.25, -0.2) is 0 Å². The van der Waals surface area contributed by atoms with Crippen molar-refractivity contribution >= 4 is 13.3 Å². The predicted molar refractivity (Wildman–Crippen MR) is 128 cm³/mol. The van der Waals surface area contributed by atoms with Crippen molar-refractivity contribution in [2.45, 2.75) is 78.0 Å². The zero-order valence-electron chi connectivity index (χ0n) is 19.2. The summed E-state index contributed by atoms with van der Waals surface area (Å²) in [5, 5.41) is 20.9. The number of rotatable bonds is 9. The summed E-state index contributed by atoms with van der Waals surface area (Å²) < 4.78 is 6.03. The summed E-state index contributed by atoms with van der Waals surface area (Å²) >= 11 is 0. The van der Waals surface area contributed by atoms with Crippen molar-refractivity contribution in [3.05, 3.63) is 58.7 Å². The Labute approximate surface area is 183 Å². The first-order valence-corrected chi connectivity index (χ1v) is 13.0. The Morgan fingerprint density at radius 3 is 1.70 bits per heavy atom. The van der Waals surface area contributed by atoms with Gasteiger partial charge in [0.2, 0.25) is 0 Å². The van der Waals surface area contributed by atoms with E-state index in [1.54, 1.807) is 12.1 Å². The first-order valence-electron chi connectivity index (χ1n) is 10.8. The van der Waals surface area contributed by atoms with Crippen molar-refractivity contribution in [3.63, 3.8) is 0 Å². The van der Waals surface area contributed by atoms with Crippen molar-refractivity contribution in [1.29, 1.82) is 0 Å². The average molecular weight is 425 g/mol. The molecule has 0 fully saturated rings. The molecule has 0 aromatic heterocycles. The van der Waals surface area contributed by atoms with Crippen LogP contribution in [0.25, 0.3) is 0 Å². The van der Waals surface area contributed by atoms with E-state index in [1.165, 1.54) is 5.19 Å². The Morgan fingerprint density at radius 1 is 0.867 bits per heavy atom. The van der Waals surface area contributed by atoms with E-state index in [2.05, 4.69) is 71.7 Å². The normalized spacial score (nSPS) is 11.9. The molecule has 30 heavy (non-hydrogen) atoms. The van der Waals surface area contributed by atoms with Crippen LogP contribution in [0.1, 0.15) is 63.8 Å². The highest BCUT2D eigenvalue weighted by Crippen LogP contribution is 2.41. The monoisotopic (exact) mass is 424 g/mol. The second-order valence-corrected chi connectivity index (χ2v) is 14.9. The van der Waals surface area contributed by atoms with Gasteiger partial charge in [-0.3, -0.25) is 0 Å². The molecule has 0 aliphatic rings. The fraction of sp³-hybridized carbons (Fsp3) is 0.462. The second-order valence-electron chi connectivity index (χ2n) is 8.97. The van der Waals surface area contributed by atoms with Gasteiger partial charge >= 0.3 is 0 Å². The number of aliphatic hydroxyl groups excluding tert-OH is 2. The fourth-order valence-electron chi connectivity index (χ4n) is 5.30. The van der Waals surface area contributed by atoms with E-state index in [1.807, 2.05) is 0 Å². The number of hydrogen-bond donors (Lipinski definition) is 2. The summed E-state index contributed by atoms with van der Waals surface area (Å²) in [7, 11) is -1.68. The molecule has 0 saturated heterocycles. The summed E-state index contributed by atoms with van der Waals surface area (Å²) in [6, 6.07) is 12.3. The fourth-order valence-corrected chi connectivity index (χ4v) is 12.0. The standard InChI is InChI=1S/C26H36O3Si/c1-8-21-13-23(15-27)26(24(14-21)16-28)29-17-22-9-11-25(12-10-22)30(18(2)3,19(4)5)20(6)7/h1,9-14,18-20,27-28H,15-17H2,2-7H3. The van der Waals surface area contributed by atoms with E-state index in [4.69, 9.17) is 11.2 Å². The maximum Gasteiger partial charge on any atom is 0.130 e. The van der Waals surface area contributed by atoms with Gasteiger partial charge < -0.3 is 14.9 Å². The molecule has 0 radical (unpaired) electrons. The van der Waals surface area contributed by atoms with Crippen LogP contribution < -0.4 is 9.92 Å². The van der Waals surface area contributed by atoms with E-state index >= 15 is 0 Å². The molecule has 0 spiro atoms. The van der Waals surface area contributed by atoms with Crippen LogP contribution in [0.2, 0.25) is 16.6 Å². The Kier molecular flexibility index (Phi) is 8.31. The highest BCUT2D eigenvalue weighted by atomic mass is 28.3. The van der Waals surface area contributed by atoms with Gasteiger partial charge in [-0.1, -0.05) is 76.9 Å². The van der Waals surface area contributed by atoms with Crippen LogP contribution in [-0.2, 0) is 19.8 Å². The molecule has 0 aliphatic carbocycles. The van der Waals surface area contributed by atoms with Crippen LogP contribution in [0.4, 0.5) is 0 Å². The zero-order valence-corrected chi connectivity index (χ0v) is 20.2. The Morgan fingerprint density at radius 2 is 1.33 bits per heavy atom. The van der Waals surface area contributed by atoms with Gasteiger partial charge in [0.1, 0.15) is 12.4 Å². The molecule has 2 N–H and O–H groups in total. The van der Waals surface area contributed by atoms with Crippen LogP contribution in [0.5, 0.6) is 5.75 Å². The quantitative estimate of drug-likeness (QED) is 0.434. The average Bonchev–Trinajstić information content (AvgIpc) is 2.72. The number of aliphatic hydroxyl groups is 2. The molecule has 4 heteroatoms. The highest BCUT2D eigenvalue weighted by Gasteiger charge is 2.44. The molecule has 0 unspecified atom stereocenters. The minimum Gasteiger partial charge on any atom is -0.488 e. The smallest absolute Gasteiger partial charge is 0.130 e. The number of benzene rings is 2. The van der Waals surface area contributed by atoms with Crippen LogP contribution in [0, 0.1) is 12.3 Å². The summed E-state index contributed by atoms with van der Waals surface area (Å²) in [6.07, 6.45) is 5.47. The lowest BCUT2D eigenvalue weighted by atomic mass is 10.0. The maximum atomic E-state index is 9.71. The third-order valence-electron chi connectivity index (χ3n) is 6.45. The van der Waals surface area contributed by atoms with E-state index in [-0.39, 0.29) is 13.2 Å². The largest absolute Gasteiger partial charge is 0.488 e. The molecule has 0 aliphatic heterocycles. The summed E-state index contributed by atoms with van der Waals surface area (Å²) in [6.45, 7) is 14.2. The molecule has 2 aromatic rings. The van der Waals surface area contributed by atoms with E-state index in [9.17, 15) is 10.2 Å². The minimum absolute atomic E-state index is 0.192. The zero-order chi connectivity index (χ0) is 22.5. The third-order valence-corrected chi connectivity index (χ3v) is 13.5. The lowest BCUT2D eigenvalue weighted by Gasteiger charge is -2.43. The van der Waals surface area contributed by atoms with Crippen molar-refractivity contribution in [3.8, 4) is 18.1 Å². The van der Waals surface area contributed by atoms with Crippen LogP contribution in [-0.4, -0.2) is 18.3 Å². The van der Waals surface area contributed by atoms with Crippen molar-refractivity contribution in [1.82, 2.24) is 0 Å². The molecular formula is C26H36O3Si. The summed E-state index contributed by atoms with van der Waals surface area (Å²) in [5.74, 6) is 3.06. The van der Waals surface area contributed by atoms with E-state index < -0.39 is 8.07 Å². The Balaban J connectivity index is 2.31. The summed E-state index contributed by atoms with van der Waals surface area (Å²) in [4.78, 5) is 0. The number of ether oxygens (including phenoxy) is 1. The molecule has 0 saturated carbocycles. The van der Waals surface area contributed by atoms with Crippen molar-refractivity contribution < 1.29 is 14.9 Å². The SMILES string of the molecule is C#Cc1cc(CO)c(OCc2ccc([Si](C(C)C)(C(C)C)C(C)C)cc2)c(CO)c1. The van der Waals surface area contributed by atoms with Gasteiger partial charge in [0, 0.05) is 16.7 Å². The first-order chi connectivity index (χ1) is 14.2. The third kappa shape index (κ3) is 4.64. The van der Waals surface area contributed by atoms with Gasteiger partial charge in [0.15, 0.2) is 0 Å². The topological polar surface area (TPSA) is 49.7 Å². The molecule has 0 atom stereocenters. The first kappa shape index (κ1) is 24.2. The lowest BCUT2D eigenvalue weighted by Crippen LogP contribution is -2.55. The summed E-state index contributed by atoms with van der Waals surface area (Å²) in [5.41, 5.74) is 4.85. The molecule has 2 rings (SSSR count). The minimum atomic E-state index is -1.68. The molecule has 3 nitrogen and oxygen atoms in total. The van der Waals surface area contributed by atoms with E-state index in [0.717, 1.165) is 5.56 Å². The van der Waals surface area contributed by atoms with Gasteiger partial charge in [-0.15, -0.1) is 6.42 Å². The number of hydrogen-bond acceptors (Lipinski definition) is 3. The van der Waals surface area contributed by atoms with Crippen molar-refractivity contribution in [2.24, 2.45) is 0 Å². The maximum absolute atomic E-state index is 9.71. The Hall–Kier alpha value is -2.06. The molecule has 162 valence electrons. The van der Waals surface area contributed by atoms with Gasteiger partial charge in [0.25, 0.3) is 0 Å². The Bertz CT molecular complexity index is 829. The lowest BCUT2D eigenvalue weighted by molar-refractivity contribution is 0.242. The molecule has 0 heterocycles. The van der Waals surface area contributed by atoms with Gasteiger partial charge in [-0.05, 0) is 34.3 Å². The molecule has 0 amide bonds. The van der Waals surface area contributed by atoms with Gasteiger partial charge in [0.05, 0.1) is 21.3 Å². The second kappa shape index (κ2) is 10.3. The molecule has 0 bridgehead atoms. The van der Waals surface area contributed by atoms with Crippen LogP contribution in [0.3, 0.4) is 0 Å². The van der Waals surface area contributed by atoms with Crippen LogP contribution in [0.15, 0.2) is 36.4 Å². The van der Waals surface area contributed by atoms with Crippen LogP contribution >= 0.6 is 0 Å². The van der Waals surface area contributed by atoms with Gasteiger partial charge in [-0.2, -0.15) is 0 Å².